The molecule has 3 heterocycles. The first kappa shape index (κ1) is 42.4. The summed E-state index contributed by atoms with van der Waals surface area (Å²) >= 11 is 0. The van der Waals surface area contributed by atoms with Gasteiger partial charge in [0.05, 0.1) is 68.5 Å². The number of carbonyl (C=O) groups is 4. The molecule has 1 fully saturated rings. The number of H-pyrrole nitrogens is 3. The van der Waals surface area contributed by atoms with Crippen molar-refractivity contribution < 1.29 is 28.7 Å². The number of benzene rings is 2. The van der Waals surface area contributed by atoms with Crippen molar-refractivity contribution >= 4 is 35.0 Å². The maximum Gasteiger partial charge on any atom is 0.407 e. The molecule has 5 aromatic rings. The zero-order valence-electron chi connectivity index (χ0n) is 35.3. The first-order chi connectivity index (χ1) is 28.2. The van der Waals surface area contributed by atoms with Crippen LogP contribution in [0.25, 0.3) is 44.7 Å². The number of nitrogens with zero attached hydrogens (tertiary/aromatic N) is 5. The van der Waals surface area contributed by atoms with Crippen LogP contribution in [0.3, 0.4) is 0 Å². The molecule has 4 amide bonds. The molecule has 1 aliphatic carbocycles. The molecule has 0 bridgehead atoms. The van der Waals surface area contributed by atoms with E-state index in [9.17, 15) is 19.2 Å². The van der Waals surface area contributed by atoms with Crippen LogP contribution in [0.1, 0.15) is 66.5 Å². The van der Waals surface area contributed by atoms with Gasteiger partial charge in [0, 0.05) is 23.7 Å². The van der Waals surface area contributed by atoms with E-state index in [1.807, 2.05) is 82.8 Å². The van der Waals surface area contributed by atoms with Gasteiger partial charge in [-0.2, -0.15) is 0 Å². The van der Waals surface area contributed by atoms with Gasteiger partial charge in [0.25, 0.3) is 0 Å². The van der Waals surface area contributed by atoms with Crippen LogP contribution in [0.4, 0.5) is 9.59 Å². The maximum atomic E-state index is 13.7. The molecule has 5 N–H and O–H groups in total. The van der Waals surface area contributed by atoms with Crippen LogP contribution < -0.4 is 10.6 Å². The van der Waals surface area contributed by atoms with Crippen LogP contribution in [-0.4, -0.2) is 103 Å². The molecule has 2 unspecified atom stereocenters. The lowest BCUT2D eigenvalue weighted by Gasteiger charge is -2.30. The van der Waals surface area contributed by atoms with E-state index in [1.54, 1.807) is 23.6 Å². The Balaban J connectivity index is 1.18. The number of fused-ring (bicyclic) bond motifs is 1. The van der Waals surface area contributed by atoms with E-state index in [4.69, 9.17) is 9.47 Å². The number of aromatic nitrogens is 6. The maximum absolute atomic E-state index is 13.7. The summed E-state index contributed by atoms with van der Waals surface area (Å²) in [4.78, 5) is 79.1. The summed E-state index contributed by atoms with van der Waals surface area (Å²) in [5.74, 6) is 1.18. The topological polar surface area (TPSA) is 203 Å². The van der Waals surface area contributed by atoms with Gasteiger partial charge >= 0.3 is 12.2 Å². The average Bonchev–Trinajstić information content (AvgIpc) is 3.65. The summed E-state index contributed by atoms with van der Waals surface area (Å²) in [6.45, 7) is 14.8. The second-order valence-electron chi connectivity index (χ2n) is 16.4. The van der Waals surface area contributed by atoms with Crippen molar-refractivity contribution in [3.05, 3.63) is 66.8 Å². The Labute approximate surface area is 344 Å². The van der Waals surface area contributed by atoms with E-state index in [2.05, 4.69) is 47.5 Å². The van der Waals surface area contributed by atoms with E-state index in [-0.39, 0.29) is 42.2 Å². The van der Waals surface area contributed by atoms with Gasteiger partial charge in [-0.05, 0) is 47.3 Å². The summed E-state index contributed by atoms with van der Waals surface area (Å²) < 4.78 is 9.56. The quantitative estimate of drug-likeness (QED) is 0.0738. The lowest BCUT2D eigenvalue weighted by atomic mass is 9.99. The van der Waals surface area contributed by atoms with Crippen LogP contribution in [0.15, 0.2) is 55.1 Å². The fourth-order valence-electron chi connectivity index (χ4n) is 7.37. The number of ether oxygens (including phenoxy) is 2. The fraction of sp³-hybridized carbons (Fsp3) is 0.465. The van der Waals surface area contributed by atoms with Crippen LogP contribution >= 0.6 is 0 Å². The van der Waals surface area contributed by atoms with Crippen molar-refractivity contribution in [2.24, 2.45) is 23.7 Å². The van der Waals surface area contributed by atoms with Gasteiger partial charge < -0.3 is 44.9 Å². The molecular weight excluding hydrogens is 753 g/mol. The summed E-state index contributed by atoms with van der Waals surface area (Å²) in [7, 11) is 2.57. The second kappa shape index (κ2) is 18.2. The molecule has 4 atom stereocenters. The predicted octanol–water partition coefficient (Wildman–Crippen LogP) is 6.49. The Bertz CT molecular complexity index is 2260. The molecule has 314 valence electrons. The van der Waals surface area contributed by atoms with Crippen LogP contribution in [0.5, 0.6) is 0 Å². The highest BCUT2D eigenvalue weighted by Gasteiger charge is 2.43. The Hall–Kier alpha value is -6.19. The molecule has 59 heavy (non-hydrogen) atoms. The Kier molecular flexibility index (Phi) is 13.1. The third-order valence-electron chi connectivity index (χ3n) is 10.7. The molecule has 3 aromatic heterocycles. The number of hydrogen-bond donors (Lipinski definition) is 5. The van der Waals surface area contributed by atoms with E-state index >= 15 is 0 Å². The lowest BCUT2D eigenvalue weighted by Crippen LogP contribution is -2.52. The SMILES string of the molecule is COC(=O)NC(C(=O)N(Cc1ncc(-c2ccc(-c3ccc(-c4cnc(CN(C(=O)C(NC(=O)OC)C(C)C)[C@@H]5C[C@@H]5C)[nH]4)cc3)c3[nH]cnc23)[nH]1)CC(C)C)C(C)C. The number of methoxy groups -OCH3 is 2. The second-order valence-corrected chi connectivity index (χ2v) is 16.4. The smallest absolute Gasteiger partial charge is 0.407 e. The van der Waals surface area contributed by atoms with Crippen LogP contribution in [0.2, 0.25) is 0 Å². The van der Waals surface area contributed by atoms with E-state index in [1.165, 1.54) is 14.2 Å². The molecule has 1 aliphatic rings. The minimum atomic E-state index is -0.746. The predicted molar refractivity (Wildman–Crippen MR) is 223 cm³/mol. The third kappa shape index (κ3) is 9.75. The first-order valence-electron chi connectivity index (χ1n) is 20.1. The minimum absolute atomic E-state index is 0.0775. The Morgan fingerprint density at radius 2 is 1.29 bits per heavy atom. The first-order valence-corrected chi connectivity index (χ1v) is 20.1. The monoisotopic (exact) mass is 808 g/mol. The molecule has 16 heteroatoms. The van der Waals surface area contributed by atoms with Crippen molar-refractivity contribution in [1.29, 1.82) is 0 Å². The Morgan fingerprint density at radius 1 is 0.746 bits per heavy atom. The number of amides is 4. The number of alkyl carbamates (subject to hydrolysis) is 2. The van der Waals surface area contributed by atoms with Crippen molar-refractivity contribution in [3.63, 3.8) is 0 Å². The summed E-state index contributed by atoms with van der Waals surface area (Å²) in [6.07, 6.45) is 4.80. The molecule has 16 nitrogen and oxygen atoms in total. The van der Waals surface area contributed by atoms with Gasteiger partial charge in [0.15, 0.2) is 0 Å². The highest BCUT2D eigenvalue weighted by molar-refractivity contribution is 6.00. The number of rotatable bonds is 16. The number of carbonyl (C=O) groups excluding carboxylic acids is 4. The highest BCUT2D eigenvalue weighted by atomic mass is 16.5. The van der Waals surface area contributed by atoms with Crippen LogP contribution in [-0.2, 0) is 32.2 Å². The van der Waals surface area contributed by atoms with E-state index in [0.717, 1.165) is 51.1 Å². The molecule has 0 saturated heterocycles. The van der Waals surface area contributed by atoms with Gasteiger partial charge in [0.1, 0.15) is 23.7 Å². The molecule has 0 radical (unpaired) electrons. The molecule has 0 aliphatic heterocycles. The van der Waals surface area contributed by atoms with Crippen LogP contribution in [0, 0.1) is 23.7 Å². The fourth-order valence-corrected chi connectivity index (χ4v) is 7.37. The Morgan fingerprint density at radius 3 is 1.86 bits per heavy atom. The zero-order valence-corrected chi connectivity index (χ0v) is 35.3. The number of imidazole rings is 3. The average molecular weight is 809 g/mol. The van der Waals surface area contributed by atoms with E-state index in [0.29, 0.717) is 30.7 Å². The van der Waals surface area contributed by atoms with Gasteiger partial charge in [-0.1, -0.05) is 78.8 Å². The van der Waals surface area contributed by atoms with E-state index < -0.39 is 24.3 Å². The minimum Gasteiger partial charge on any atom is -0.453 e. The molecular formula is C43H56N10O6. The normalized spacial score (nSPS) is 15.9. The van der Waals surface area contributed by atoms with Crippen molar-refractivity contribution in [1.82, 2.24) is 50.3 Å². The molecule has 1 saturated carbocycles. The highest BCUT2D eigenvalue weighted by Crippen LogP contribution is 2.37. The van der Waals surface area contributed by atoms with Gasteiger partial charge in [0.2, 0.25) is 11.8 Å². The molecule has 6 rings (SSSR count). The standard InChI is InChI=1S/C43H56N10O6/c1-23(2)19-52(40(54)36(24(3)4)50-42(56)58-8)20-34-45-18-32(49-34)30-15-14-29(38-39(30)47-22-46-38)27-10-12-28(13-11-27)31-17-44-35(48-31)21-53(33-16-26(33)7)41(55)37(25(5)6)51-43(57)59-9/h10-15,17-18,22-26,33,36-37H,16,19-21H2,1-9H3,(H,44,48)(H,45,49)(H,46,47)(H,50,56)(H,51,57)/t26-,33+,36?,37?/m0/s1. The third-order valence-corrected chi connectivity index (χ3v) is 10.7. The molecule has 2 aromatic carbocycles. The number of nitrogens with one attached hydrogen (secondary N) is 5. The molecule has 0 spiro atoms. The number of aromatic amines is 3. The summed E-state index contributed by atoms with van der Waals surface area (Å²) in [6, 6.07) is 10.8. The van der Waals surface area contributed by atoms with Gasteiger partial charge in [-0.15, -0.1) is 0 Å². The number of hydrogen-bond acceptors (Lipinski definition) is 9. The van der Waals surface area contributed by atoms with Crippen molar-refractivity contribution in [3.8, 4) is 33.6 Å². The summed E-state index contributed by atoms with van der Waals surface area (Å²) in [5.41, 5.74) is 6.96. The van der Waals surface area contributed by atoms with Gasteiger partial charge in [-0.25, -0.2) is 24.5 Å². The largest absolute Gasteiger partial charge is 0.453 e. The van der Waals surface area contributed by atoms with Crippen molar-refractivity contribution in [2.45, 2.75) is 86.1 Å². The lowest BCUT2D eigenvalue weighted by molar-refractivity contribution is -0.136. The summed E-state index contributed by atoms with van der Waals surface area (Å²) in [5, 5.41) is 5.40. The van der Waals surface area contributed by atoms with Crippen molar-refractivity contribution in [2.75, 3.05) is 20.8 Å². The zero-order chi connectivity index (χ0) is 42.5. The van der Waals surface area contributed by atoms with Gasteiger partial charge in [-0.3, -0.25) is 9.59 Å².